The van der Waals surface area contributed by atoms with Gasteiger partial charge in [0, 0.05) is 18.9 Å². The first-order valence-electron chi connectivity index (χ1n) is 7.93. The maximum absolute atomic E-state index is 12.1. The molecule has 1 aromatic carbocycles. The molecule has 142 valence electrons. The second kappa shape index (κ2) is 7.67. The van der Waals surface area contributed by atoms with Crippen LogP contribution in [0.4, 0.5) is 23.8 Å². The number of fused-ring (bicyclic) bond motifs is 1. The zero-order valence-corrected chi connectivity index (χ0v) is 14.7. The number of methoxy groups -OCH3 is 1. The summed E-state index contributed by atoms with van der Waals surface area (Å²) >= 11 is 1.18. The molecule has 1 fully saturated rings. The molecule has 1 saturated heterocycles. The van der Waals surface area contributed by atoms with E-state index in [4.69, 9.17) is 14.2 Å². The average Bonchev–Trinajstić information content (AvgIpc) is 3.14. The number of halogens is 3. The summed E-state index contributed by atoms with van der Waals surface area (Å²) in [6.07, 6.45) is -5.98. The van der Waals surface area contributed by atoms with Gasteiger partial charge < -0.3 is 14.2 Å². The van der Waals surface area contributed by atoms with E-state index in [2.05, 4.69) is 4.37 Å². The molecule has 1 amide bonds. The van der Waals surface area contributed by atoms with E-state index in [1.807, 2.05) is 0 Å². The van der Waals surface area contributed by atoms with Gasteiger partial charge in [0.2, 0.25) is 0 Å². The number of hydrogen-bond donors (Lipinski definition) is 0. The first-order valence-corrected chi connectivity index (χ1v) is 8.71. The zero-order chi connectivity index (χ0) is 18.7. The van der Waals surface area contributed by atoms with Gasteiger partial charge in [-0.25, -0.2) is 4.79 Å². The van der Waals surface area contributed by atoms with Gasteiger partial charge in [-0.2, -0.15) is 17.5 Å². The highest BCUT2D eigenvalue weighted by atomic mass is 32.1. The Balaban J connectivity index is 1.67. The molecule has 0 bridgehead atoms. The van der Waals surface area contributed by atoms with Gasteiger partial charge in [-0.3, -0.25) is 4.90 Å². The number of nitrogens with zero attached hydrogens (tertiary/aromatic N) is 2. The van der Waals surface area contributed by atoms with Gasteiger partial charge in [0.05, 0.1) is 24.5 Å². The number of amides is 1. The van der Waals surface area contributed by atoms with Crippen molar-refractivity contribution in [2.24, 2.45) is 0 Å². The van der Waals surface area contributed by atoms with Crippen LogP contribution in [-0.2, 0) is 9.47 Å². The molecule has 10 heteroatoms. The number of benzene rings is 1. The Morgan fingerprint density at radius 1 is 1.42 bits per heavy atom. The molecule has 1 atom stereocenters. The van der Waals surface area contributed by atoms with Crippen LogP contribution in [0.1, 0.15) is 12.8 Å². The number of ether oxygens (including phenoxy) is 3. The minimum Gasteiger partial charge on any atom is -0.494 e. The second-order valence-corrected chi connectivity index (χ2v) is 6.61. The van der Waals surface area contributed by atoms with E-state index < -0.39 is 18.7 Å². The van der Waals surface area contributed by atoms with Gasteiger partial charge in [-0.05, 0) is 36.2 Å². The summed E-state index contributed by atoms with van der Waals surface area (Å²) in [7, 11) is 1.53. The number of rotatable bonds is 7. The standard InChI is InChI=1S/C16H17F3N2O4S/c1-23-9-11-8-21(15(22)25-11)14-12-4-3-10(7-13(12)26-20-14)24-6-2-5-16(17,18)19/h3-4,7,11H,2,5-6,8-9H2,1H3/t11-/m0/s1. The van der Waals surface area contributed by atoms with Crippen LogP contribution in [0.3, 0.4) is 0 Å². The van der Waals surface area contributed by atoms with Gasteiger partial charge in [-0.1, -0.05) is 0 Å². The topological polar surface area (TPSA) is 60.9 Å². The van der Waals surface area contributed by atoms with Gasteiger partial charge in [0.25, 0.3) is 0 Å². The third-order valence-electron chi connectivity index (χ3n) is 3.78. The lowest BCUT2D eigenvalue weighted by Crippen LogP contribution is -2.26. The lowest BCUT2D eigenvalue weighted by molar-refractivity contribution is -0.136. The molecule has 1 aliphatic rings. The fraction of sp³-hybridized carbons (Fsp3) is 0.500. The highest BCUT2D eigenvalue weighted by molar-refractivity contribution is 7.13. The molecule has 0 N–H and O–H groups in total. The van der Waals surface area contributed by atoms with Crippen molar-refractivity contribution in [2.45, 2.75) is 25.1 Å². The van der Waals surface area contributed by atoms with Crippen LogP contribution in [0.25, 0.3) is 10.1 Å². The predicted octanol–water partition coefficient (Wildman–Crippen LogP) is 3.99. The van der Waals surface area contributed by atoms with Crippen molar-refractivity contribution >= 4 is 33.5 Å². The Kier molecular flexibility index (Phi) is 5.52. The van der Waals surface area contributed by atoms with Crippen molar-refractivity contribution in [3.05, 3.63) is 18.2 Å². The van der Waals surface area contributed by atoms with Gasteiger partial charge in [0.15, 0.2) is 5.82 Å². The highest BCUT2D eigenvalue weighted by Crippen LogP contribution is 2.34. The average molecular weight is 390 g/mol. The van der Waals surface area contributed by atoms with Crippen molar-refractivity contribution in [1.82, 2.24) is 4.37 Å². The molecule has 0 unspecified atom stereocenters. The maximum Gasteiger partial charge on any atom is 0.416 e. The number of cyclic esters (lactones) is 1. The number of hydrogen-bond acceptors (Lipinski definition) is 6. The van der Waals surface area contributed by atoms with E-state index >= 15 is 0 Å². The molecule has 26 heavy (non-hydrogen) atoms. The molecule has 3 rings (SSSR count). The minimum atomic E-state index is -4.18. The molecule has 0 saturated carbocycles. The van der Waals surface area contributed by atoms with Gasteiger partial charge >= 0.3 is 12.3 Å². The summed E-state index contributed by atoms with van der Waals surface area (Å²) in [6.45, 7) is 0.634. The summed E-state index contributed by atoms with van der Waals surface area (Å²) in [5, 5.41) is 0.757. The quantitative estimate of drug-likeness (QED) is 0.669. The van der Waals surface area contributed by atoms with Gasteiger partial charge in [0.1, 0.15) is 11.9 Å². The summed E-state index contributed by atoms with van der Waals surface area (Å²) in [6, 6.07) is 5.10. The molecule has 1 aromatic heterocycles. The van der Waals surface area contributed by atoms with E-state index in [0.29, 0.717) is 24.7 Å². The summed E-state index contributed by atoms with van der Waals surface area (Å²) in [4.78, 5) is 13.5. The summed E-state index contributed by atoms with van der Waals surface area (Å²) in [5.74, 6) is 0.966. The molecule has 0 spiro atoms. The smallest absolute Gasteiger partial charge is 0.416 e. The summed E-state index contributed by atoms with van der Waals surface area (Å²) < 4.78 is 57.1. The molecule has 6 nitrogen and oxygen atoms in total. The fourth-order valence-electron chi connectivity index (χ4n) is 2.62. The predicted molar refractivity (Wildman–Crippen MR) is 89.9 cm³/mol. The second-order valence-electron chi connectivity index (χ2n) is 5.80. The minimum absolute atomic E-state index is 0.0200. The lowest BCUT2D eigenvalue weighted by Gasteiger charge is -2.10. The molecular weight excluding hydrogens is 373 g/mol. The molecule has 1 aliphatic heterocycles. The largest absolute Gasteiger partial charge is 0.494 e. The van der Waals surface area contributed by atoms with E-state index in [1.54, 1.807) is 18.2 Å². The first kappa shape index (κ1) is 18.7. The van der Waals surface area contributed by atoms with Crippen LogP contribution in [0.5, 0.6) is 5.75 Å². The summed E-state index contributed by atoms with van der Waals surface area (Å²) in [5.41, 5.74) is 0. The Morgan fingerprint density at radius 2 is 2.23 bits per heavy atom. The van der Waals surface area contributed by atoms with Crippen molar-refractivity contribution in [3.8, 4) is 5.75 Å². The monoisotopic (exact) mass is 390 g/mol. The normalized spacial score (nSPS) is 17.8. The first-order chi connectivity index (χ1) is 12.4. The maximum atomic E-state index is 12.1. The van der Waals surface area contributed by atoms with Crippen molar-refractivity contribution < 1.29 is 32.2 Å². The number of alkyl halides is 3. The van der Waals surface area contributed by atoms with Crippen LogP contribution >= 0.6 is 11.5 Å². The van der Waals surface area contributed by atoms with Crippen LogP contribution in [0, 0.1) is 0 Å². The van der Waals surface area contributed by atoms with E-state index in [9.17, 15) is 18.0 Å². The number of aromatic nitrogens is 1. The van der Waals surface area contributed by atoms with E-state index in [-0.39, 0.29) is 19.1 Å². The molecule has 0 radical (unpaired) electrons. The number of anilines is 1. The van der Waals surface area contributed by atoms with Crippen LogP contribution in [0.2, 0.25) is 0 Å². The molecule has 0 aliphatic carbocycles. The van der Waals surface area contributed by atoms with Gasteiger partial charge in [-0.15, -0.1) is 0 Å². The SMILES string of the molecule is COC[C@@H]1CN(c2nsc3cc(OCCCC(F)(F)F)ccc23)C(=O)O1. The number of carbonyl (C=O) groups excluding carboxylic acids is 1. The molecule has 2 aromatic rings. The van der Waals surface area contributed by atoms with E-state index in [1.165, 1.54) is 23.5 Å². The third-order valence-corrected chi connectivity index (χ3v) is 4.58. The Labute approximate surface area is 151 Å². The fourth-order valence-corrected chi connectivity index (χ4v) is 3.43. The molecule has 2 heterocycles. The van der Waals surface area contributed by atoms with Crippen molar-refractivity contribution in [2.75, 3.05) is 31.8 Å². The van der Waals surface area contributed by atoms with Crippen molar-refractivity contribution in [3.63, 3.8) is 0 Å². The van der Waals surface area contributed by atoms with Crippen LogP contribution in [0.15, 0.2) is 18.2 Å². The lowest BCUT2D eigenvalue weighted by atomic mass is 10.2. The Hall–Kier alpha value is -2.07. The Bertz CT molecular complexity index is 780. The third kappa shape index (κ3) is 4.36. The highest BCUT2D eigenvalue weighted by Gasteiger charge is 2.34. The Morgan fingerprint density at radius 3 is 2.96 bits per heavy atom. The van der Waals surface area contributed by atoms with Crippen LogP contribution < -0.4 is 9.64 Å². The number of carbonyl (C=O) groups is 1. The zero-order valence-electron chi connectivity index (χ0n) is 13.9. The van der Waals surface area contributed by atoms with Crippen LogP contribution in [-0.4, -0.2) is 49.6 Å². The molecular formula is C16H17F3N2O4S. The van der Waals surface area contributed by atoms with Crippen molar-refractivity contribution in [1.29, 1.82) is 0 Å². The van der Waals surface area contributed by atoms with E-state index in [0.717, 1.165) is 10.1 Å².